The van der Waals surface area contributed by atoms with Crippen LogP contribution in [0.1, 0.15) is 27.3 Å². The number of halogens is 1. The van der Waals surface area contributed by atoms with E-state index in [2.05, 4.69) is 56.6 Å². The first kappa shape index (κ1) is 16.4. The van der Waals surface area contributed by atoms with Crippen molar-refractivity contribution in [3.63, 3.8) is 0 Å². The summed E-state index contributed by atoms with van der Waals surface area (Å²) in [6, 6.07) is 8.27. The van der Waals surface area contributed by atoms with Gasteiger partial charge in [-0.05, 0) is 35.3 Å². The number of aromatic nitrogens is 4. The number of nitrogens with one attached hydrogen (secondary N) is 1. The molecule has 0 aliphatic carbocycles. The van der Waals surface area contributed by atoms with Gasteiger partial charge >= 0.3 is 0 Å². The molecule has 0 radical (unpaired) electrons. The minimum Gasteiger partial charge on any atom is -0.318 e. The molecular weight excluding hydrogens is 370 g/mol. The Balaban J connectivity index is 1.73. The zero-order valence-electron chi connectivity index (χ0n) is 13.7. The molecule has 0 atom stereocenters. The number of rotatable bonds is 4. The first-order chi connectivity index (χ1) is 11.4. The Labute approximate surface area is 148 Å². The zero-order chi connectivity index (χ0) is 17.3. The predicted octanol–water partition coefficient (Wildman–Crippen LogP) is 3.30. The summed E-state index contributed by atoms with van der Waals surface area (Å²) in [6.45, 7) is 4.57. The van der Waals surface area contributed by atoms with E-state index in [-0.39, 0.29) is 5.91 Å². The summed E-state index contributed by atoms with van der Waals surface area (Å²) >= 11 is 3.41. The average molecular weight is 388 g/mol. The number of carbonyl (C=O) groups excluding carboxylic acids is 1. The maximum absolute atomic E-state index is 12.4. The summed E-state index contributed by atoms with van der Waals surface area (Å²) in [5.41, 5.74) is 4.29. The molecule has 2 aromatic heterocycles. The molecule has 1 N–H and O–H groups in total. The SMILES string of the molecule is Cc1cccc(Cn2cc(NC(=O)c3c(Br)c(C)nn3C)cn2)c1. The molecule has 1 aromatic carbocycles. The molecule has 3 rings (SSSR count). The number of nitrogens with zero attached hydrogens (tertiary/aromatic N) is 4. The van der Waals surface area contributed by atoms with Crippen molar-refractivity contribution in [3.05, 3.63) is 63.6 Å². The Morgan fingerprint density at radius 3 is 2.79 bits per heavy atom. The Hall–Kier alpha value is -2.41. The highest BCUT2D eigenvalue weighted by Gasteiger charge is 2.18. The number of hydrogen-bond acceptors (Lipinski definition) is 3. The fourth-order valence-electron chi connectivity index (χ4n) is 2.58. The van der Waals surface area contributed by atoms with E-state index in [4.69, 9.17) is 0 Å². The van der Waals surface area contributed by atoms with Crippen LogP contribution in [-0.2, 0) is 13.6 Å². The lowest BCUT2D eigenvalue weighted by molar-refractivity contribution is 0.101. The van der Waals surface area contributed by atoms with E-state index in [1.165, 1.54) is 11.1 Å². The van der Waals surface area contributed by atoms with Gasteiger partial charge in [-0.2, -0.15) is 10.2 Å². The summed E-state index contributed by atoms with van der Waals surface area (Å²) < 4.78 is 4.06. The van der Waals surface area contributed by atoms with E-state index in [1.807, 2.05) is 19.2 Å². The van der Waals surface area contributed by atoms with Gasteiger partial charge in [-0.1, -0.05) is 29.8 Å². The second-order valence-corrected chi connectivity index (χ2v) is 6.53. The molecule has 7 heteroatoms. The number of aryl methyl sites for hydroxylation is 3. The van der Waals surface area contributed by atoms with Gasteiger partial charge in [0.1, 0.15) is 5.69 Å². The van der Waals surface area contributed by atoms with Crippen LogP contribution < -0.4 is 5.32 Å². The molecule has 0 saturated heterocycles. The summed E-state index contributed by atoms with van der Waals surface area (Å²) in [4.78, 5) is 12.4. The fourth-order valence-corrected chi connectivity index (χ4v) is 3.10. The molecule has 0 spiro atoms. The largest absolute Gasteiger partial charge is 0.318 e. The van der Waals surface area contributed by atoms with Crippen molar-refractivity contribution in [2.24, 2.45) is 7.05 Å². The smallest absolute Gasteiger partial charge is 0.275 e. The maximum Gasteiger partial charge on any atom is 0.275 e. The van der Waals surface area contributed by atoms with Gasteiger partial charge in [0.25, 0.3) is 5.91 Å². The average Bonchev–Trinajstić information content (AvgIpc) is 3.04. The molecule has 124 valence electrons. The highest BCUT2D eigenvalue weighted by molar-refractivity contribution is 9.10. The molecule has 0 bridgehead atoms. The van der Waals surface area contributed by atoms with Gasteiger partial charge < -0.3 is 5.32 Å². The molecular formula is C17H18BrN5O. The summed E-state index contributed by atoms with van der Waals surface area (Å²) in [7, 11) is 1.74. The standard InChI is InChI=1S/C17H18BrN5O/c1-11-5-4-6-13(7-11)9-23-10-14(8-19-23)20-17(24)16-15(18)12(2)21-22(16)3/h4-8,10H,9H2,1-3H3,(H,20,24). The lowest BCUT2D eigenvalue weighted by Gasteiger charge is -2.04. The van der Waals surface area contributed by atoms with Crippen LogP contribution in [-0.4, -0.2) is 25.5 Å². The normalized spacial score (nSPS) is 10.8. The number of amides is 1. The van der Waals surface area contributed by atoms with Crippen molar-refractivity contribution < 1.29 is 4.79 Å². The van der Waals surface area contributed by atoms with E-state index < -0.39 is 0 Å². The lowest BCUT2D eigenvalue weighted by atomic mass is 10.1. The van der Waals surface area contributed by atoms with Gasteiger partial charge in [0.15, 0.2) is 0 Å². The number of carbonyl (C=O) groups is 1. The van der Waals surface area contributed by atoms with E-state index in [9.17, 15) is 4.79 Å². The van der Waals surface area contributed by atoms with Crippen molar-refractivity contribution in [1.29, 1.82) is 0 Å². The molecule has 2 heterocycles. The van der Waals surface area contributed by atoms with Gasteiger partial charge in [0.2, 0.25) is 0 Å². The second-order valence-electron chi connectivity index (χ2n) is 5.74. The van der Waals surface area contributed by atoms with E-state index in [0.29, 0.717) is 22.4 Å². The first-order valence-electron chi connectivity index (χ1n) is 7.52. The molecule has 3 aromatic rings. The maximum atomic E-state index is 12.4. The van der Waals surface area contributed by atoms with Crippen LogP contribution in [0.2, 0.25) is 0 Å². The van der Waals surface area contributed by atoms with Gasteiger partial charge in [-0.15, -0.1) is 0 Å². The minimum absolute atomic E-state index is 0.222. The minimum atomic E-state index is -0.222. The Kier molecular flexibility index (Phi) is 4.53. The van der Waals surface area contributed by atoms with Crippen LogP contribution in [0, 0.1) is 13.8 Å². The second kappa shape index (κ2) is 6.60. The summed E-state index contributed by atoms with van der Waals surface area (Å²) in [6.07, 6.45) is 3.46. The van der Waals surface area contributed by atoms with Crippen LogP contribution in [0.3, 0.4) is 0 Å². The summed E-state index contributed by atoms with van der Waals surface area (Å²) in [5, 5.41) is 11.4. The molecule has 0 unspecified atom stereocenters. The molecule has 24 heavy (non-hydrogen) atoms. The predicted molar refractivity (Wildman–Crippen MR) is 96.1 cm³/mol. The van der Waals surface area contributed by atoms with Crippen LogP contribution in [0.4, 0.5) is 5.69 Å². The highest BCUT2D eigenvalue weighted by Crippen LogP contribution is 2.21. The number of anilines is 1. The van der Waals surface area contributed by atoms with Crippen LogP contribution >= 0.6 is 15.9 Å². The van der Waals surface area contributed by atoms with E-state index in [1.54, 1.807) is 22.6 Å². The first-order valence-corrected chi connectivity index (χ1v) is 8.32. The molecule has 6 nitrogen and oxygen atoms in total. The number of hydrogen-bond donors (Lipinski definition) is 1. The van der Waals surface area contributed by atoms with Gasteiger partial charge in [-0.25, -0.2) is 0 Å². The molecule has 1 amide bonds. The third-order valence-electron chi connectivity index (χ3n) is 3.68. The van der Waals surface area contributed by atoms with Crippen LogP contribution in [0.25, 0.3) is 0 Å². The Bertz CT molecular complexity index is 896. The van der Waals surface area contributed by atoms with Crippen molar-refractivity contribution >= 4 is 27.5 Å². The summed E-state index contributed by atoms with van der Waals surface area (Å²) in [5.74, 6) is -0.222. The van der Waals surface area contributed by atoms with E-state index >= 15 is 0 Å². The van der Waals surface area contributed by atoms with Crippen LogP contribution in [0.15, 0.2) is 41.1 Å². The van der Waals surface area contributed by atoms with E-state index in [0.717, 1.165) is 5.69 Å². The van der Waals surface area contributed by atoms with Gasteiger partial charge in [-0.3, -0.25) is 14.2 Å². The molecule has 0 fully saturated rings. The molecule has 0 aliphatic rings. The molecule has 0 aliphatic heterocycles. The van der Waals surface area contributed by atoms with Crippen molar-refractivity contribution in [2.45, 2.75) is 20.4 Å². The fraction of sp³-hybridized carbons (Fsp3) is 0.235. The lowest BCUT2D eigenvalue weighted by Crippen LogP contribution is -2.16. The van der Waals surface area contributed by atoms with Crippen molar-refractivity contribution in [2.75, 3.05) is 5.32 Å². The van der Waals surface area contributed by atoms with Crippen molar-refractivity contribution in [3.8, 4) is 0 Å². The monoisotopic (exact) mass is 387 g/mol. The zero-order valence-corrected chi connectivity index (χ0v) is 15.3. The molecule has 0 saturated carbocycles. The third-order valence-corrected chi connectivity index (χ3v) is 4.63. The van der Waals surface area contributed by atoms with Crippen molar-refractivity contribution in [1.82, 2.24) is 19.6 Å². The highest BCUT2D eigenvalue weighted by atomic mass is 79.9. The topological polar surface area (TPSA) is 64.7 Å². The number of benzene rings is 1. The third kappa shape index (κ3) is 3.41. The van der Waals surface area contributed by atoms with Crippen LogP contribution in [0.5, 0.6) is 0 Å². The Morgan fingerprint density at radius 1 is 1.33 bits per heavy atom. The van der Waals surface area contributed by atoms with Gasteiger partial charge in [0, 0.05) is 13.2 Å². The Morgan fingerprint density at radius 2 is 2.12 bits per heavy atom. The quantitative estimate of drug-likeness (QED) is 0.746. The van der Waals surface area contributed by atoms with Gasteiger partial charge in [0.05, 0.1) is 28.6 Å².